The third-order valence-corrected chi connectivity index (χ3v) is 1.29. The number of unbranched alkanes of at least 4 members (excludes halogenated alkanes) is 2. The highest BCUT2D eigenvalue weighted by atomic mass is 16.5. The van der Waals surface area contributed by atoms with Gasteiger partial charge in [-0.2, -0.15) is 0 Å². The predicted octanol–water partition coefficient (Wildman–Crippen LogP) is 1.36. The molecule has 0 aliphatic rings. The summed E-state index contributed by atoms with van der Waals surface area (Å²) in [5.41, 5.74) is 5.23. The Morgan fingerprint density at radius 2 is 2.20 bits per heavy atom. The minimum Gasteiger partial charge on any atom is -0.381 e. The van der Waals surface area contributed by atoms with Crippen LogP contribution in [0.4, 0.5) is 0 Å². The summed E-state index contributed by atoms with van der Waals surface area (Å²) in [6.45, 7) is 4.39. The summed E-state index contributed by atoms with van der Waals surface area (Å²) >= 11 is 0. The molecule has 0 aromatic rings. The fraction of sp³-hybridized carbons (Fsp3) is 0.875. The number of hydrogen-bond donors (Lipinski definition) is 1. The molecule has 0 saturated heterocycles. The van der Waals surface area contributed by atoms with Gasteiger partial charge in [0.15, 0.2) is 0 Å². The average molecular weight is 144 g/mol. The van der Waals surface area contributed by atoms with Crippen LogP contribution in [-0.4, -0.2) is 19.8 Å². The summed E-state index contributed by atoms with van der Waals surface area (Å²) in [7, 11) is 0. The van der Waals surface area contributed by atoms with Crippen molar-refractivity contribution in [3.05, 3.63) is 6.42 Å². The Balaban J connectivity index is 2.65. The highest BCUT2D eigenvalue weighted by Crippen LogP contribution is 1.93. The van der Waals surface area contributed by atoms with Gasteiger partial charge in [-0.3, -0.25) is 0 Å². The Morgan fingerprint density at radius 1 is 1.40 bits per heavy atom. The van der Waals surface area contributed by atoms with Crippen LogP contribution in [0.1, 0.15) is 26.2 Å². The molecule has 0 aromatic carbocycles. The maximum absolute atomic E-state index is 5.24. The first-order valence-corrected chi connectivity index (χ1v) is 4.01. The van der Waals surface area contributed by atoms with Gasteiger partial charge in [0.2, 0.25) is 0 Å². The van der Waals surface area contributed by atoms with E-state index in [-0.39, 0.29) is 0 Å². The van der Waals surface area contributed by atoms with Gasteiger partial charge >= 0.3 is 0 Å². The third-order valence-electron chi connectivity index (χ3n) is 1.29. The van der Waals surface area contributed by atoms with E-state index in [1.54, 1.807) is 0 Å². The standard InChI is InChI=1S/C8H18NO/c1-2-3-4-7-10-8-5-6-9/h5H,2-4,6-9H2,1H3. The van der Waals surface area contributed by atoms with Crippen molar-refractivity contribution in [2.75, 3.05) is 19.8 Å². The molecule has 0 heterocycles. The molecule has 0 rings (SSSR count). The molecule has 0 atom stereocenters. The Morgan fingerprint density at radius 3 is 2.80 bits per heavy atom. The number of nitrogens with two attached hydrogens (primary N) is 1. The molecule has 0 unspecified atom stereocenters. The van der Waals surface area contributed by atoms with Crippen molar-refractivity contribution in [2.24, 2.45) is 5.73 Å². The van der Waals surface area contributed by atoms with Crippen LogP contribution in [0.3, 0.4) is 0 Å². The van der Waals surface area contributed by atoms with Crippen molar-refractivity contribution < 1.29 is 4.74 Å². The van der Waals surface area contributed by atoms with Gasteiger partial charge < -0.3 is 10.5 Å². The lowest BCUT2D eigenvalue weighted by molar-refractivity contribution is 0.149. The van der Waals surface area contributed by atoms with E-state index in [4.69, 9.17) is 10.5 Å². The van der Waals surface area contributed by atoms with Crippen LogP contribution in [0.5, 0.6) is 0 Å². The van der Waals surface area contributed by atoms with Gasteiger partial charge in [-0.15, -0.1) is 0 Å². The summed E-state index contributed by atoms with van der Waals surface area (Å²) in [6, 6.07) is 0. The second-order valence-electron chi connectivity index (χ2n) is 2.31. The number of hydrogen-bond acceptors (Lipinski definition) is 2. The summed E-state index contributed by atoms with van der Waals surface area (Å²) in [6.07, 6.45) is 5.63. The Hall–Kier alpha value is -0.0800. The first-order chi connectivity index (χ1) is 4.91. The minimum absolute atomic E-state index is 0.619. The lowest BCUT2D eigenvalue weighted by Gasteiger charge is -2.00. The van der Waals surface area contributed by atoms with E-state index < -0.39 is 0 Å². The molecule has 2 N–H and O–H groups in total. The van der Waals surface area contributed by atoms with Crippen LogP contribution in [0.25, 0.3) is 0 Å². The molecule has 0 amide bonds. The van der Waals surface area contributed by atoms with Crippen molar-refractivity contribution in [1.82, 2.24) is 0 Å². The maximum atomic E-state index is 5.24. The molecule has 0 saturated carbocycles. The van der Waals surface area contributed by atoms with E-state index in [1.165, 1.54) is 19.3 Å². The van der Waals surface area contributed by atoms with Gasteiger partial charge in [-0.25, -0.2) is 0 Å². The van der Waals surface area contributed by atoms with Crippen LogP contribution >= 0.6 is 0 Å². The third kappa shape index (κ3) is 7.92. The molecule has 0 aromatic heterocycles. The van der Waals surface area contributed by atoms with Crippen molar-refractivity contribution in [1.29, 1.82) is 0 Å². The molecule has 2 nitrogen and oxygen atoms in total. The average Bonchev–Trinajstić information content (AvgIpc) is 1.97. The van der Waals surface area contributed by atoms with Crippen molar-refractivity contribution >= 4 is 0 Å². The van der Waals surface area contributed by atoms with E-state index in [9.17, 15) is 0 Å². The van der Waals surface area contributed by atoms with Crippen LogP contribution in [0, 0.1) is 6.42 Å². The lowest BCUT2D eigenvalue weighted by Crippen LogP contribution is -2.05. The van der Waals surface area contributed by atoms with Crippen molar-refractivity contribution in [3.63, 3.8) is 0 Å². The van der Waals surface area contributed by atoms with Gasteiger partial charge in [0.25, 0.3) is 0 Å². The lowest BCUT2D eigenvalue weighted by atomic mass is 10.3. The van der Waals surface area contributed by atoms with Gasteiger partial charge in [0, 0.05) is 13.0 Å². The quantitative estimate of drug-likeness (QED) is 0.547. The molecule has 61 valence electrons. The van der Waals surface area contributed by atoms with Crippen LogP contribution in [-0.2, 0) is 4.74 Å². The first kappa shape index (κ1) is 9.92. The van der Waals surface area contributed by atoms with Gasteiger partial charge in [0.1, 0.15) is 0 Å². The molecule has 0 spiro atoms. The van der Waals surface area contributed by atoms with E-state index in [0.29, 0.717) is 13.2 Å². The molecule has 2 heteroatoms. The number of rotatable bonds is 7. The molecule has 0 bridgehead atoms. The number of ether oxygens (including phenoxy) is 1. The molecule has 0 aliphatic heterocycles. The zero-order valence-corrected chi connectivity index (χ0v) is 6.81. The topological polar surface area (TPSA) is 35.2 Å². The van der Waals surface area contributed by atoms with E-state index in [0.717, 1.165) is 6.61 Å². The molecule has 10 heavy (non-hydrogen) atoms. The minimum atomic E-state index is 0.619. The Kier molecular flexibility index (Phi) is 8.85. The molecule has 0 fully saturated rings. The maximum Gasteiger partial charge on any atom is 0.0510 e. The van der Waals surface area contributed by atoms with Gasteiger partial charge in [-0.1, -0.05) is 19.8 Å². The van der Waals surface area contributed by atoms with Crippen LogP contribution in [0.2, 0.25) is 0 Å². The van der Waals surface area contributed by atoms with Crippen molar-refractivity contribution in [3.8, 4) is 0 Å². The highest BCUT2D eigenvalue weighted by Gasteiger charge is 1.86. The molecule has 1 radical (unpaired) electrons. The van der Waals surface area contributed by atoms with E-state index in [2.05, 4.69) is 6.92 Å². The summed E-state index contributed by atoms with van der Waals surface area (Å²) < 4.78 is 5.24. The zero-order chi connectivity index (χ0) is 7.66. The monoisotopic (exact) mass is 144 g/mol. The molecule has 0 aliphatic carbocycles. The van der Waals surface area contributed by atoms with E-state index in [1.807, 2.05) is 6.42 Å². The smallest absolute Gasteiger partial charge is 0.0510 e. The Labute approximate surface area is 63.7 Å². The fourth-order valence-corrected chi connectivity index (χ4v) is 0.689. The molecular weight excluding hydrogens is 126 g/mol. The summed E-state index contributed by atoms with van der Waals surface area (Å²) in [4.78, 5) is 0. The SMILES string of the molecule is CCCCCOC[CH]CN. The van der Waals surface area contributed by atoms with Gasteiger partial charge in [0.05, 0.1) is 6.61 Å². The highest BCUT2D eigenvalue weighted by molar-refractivity contribution is 4.62. The second-order valence-corrected chi connectivity index (χ2v) is 2.31. The van der Waals surface area contributed by atoms with Gasteiger partial charge in [-0.05, 0) is 13.0 Å². The predicted molar refractivity (Wildman–Crippen MR) is 43.7 cm³/mol. The molecular formula is C8H18NO. The normalized spacial score (nSPS) is 10.2. The largest absolute Gasteiger partial charge is 0.381 e. The Bertz CT molecular complexity index is 49.2. The summed E-state index contributed by atoms with van der Waals surface area (Å²) in [5.74, 6) is 0. The van der Waals surface area contributed by atoms with Crippen LogP contribution < -0.4 is 5.73 Å². The zero-order valence-electron chi connectivity index (χ0n) is 6.81. The van der Waals surface area contributed by atoms with E-state index >= 15 is 0 Å². The first-order valence-electron chi connectivity index (χ1n) is 4.01. The second kappa shape index (κ2) is 8.92. The summed E-state index contributed by atoms with van der Waals surface area (Å²) in [5, 5.41) is 0. The fourth-order valence-electron chi connectivity index (χ4n) is 0.689. The van der Waals surface area contributed by atoms with Crippen LogP contribution in [0.15, 0.2) is 0 Å². The van der Waals surface area contributed by atoms with Crippen molar-refractivity contribution in [2.45, 2.75) is 26.2 Å².